The van der Waals surface area contributed by atoms with Gasteiger partial charge in [0.05, 0.1) is 11.6 Å². The van der Waals surface area contributed by atoms with E-state index in [1.165, 1.54) is 17.1 Å². The van der Waals surface area contributed by atoms with Crippen LogP contribution in [0, 0.1) is 0 Å². The molecule has 2 heterocycles. The quantitative estimate of drug-likeness (QED) is 0.681. The topological polar surface area (TPSA) is 72.7 Å². The van der Waals surface area contributed by atoms with Gasteiger partial charge in [0.25, 0.3) is 5.91 Å². The van der Waals surface area contributed by atoms with Crippen LogP contribution in [-0.2, 0) is 6.18 Å². The molecule has 3 aromatic rings. The predicted octanol–water partition coefficient (Wildman–Crippen LogP) is 3.94. The molecule has 6 nitrogen and oxygen atoms in total. The molecule has 0 radical (unpaired) electrons. The van der Waals surface area contributed by atoms with E-state index in [-0.39, 0.29) is 24.1 Å². The predicted molar refractivity (Wildman–Crippen MR) is 102 cm³/mol. The highest BCUT2D eigenvalue weighted by Gasteiger charge is 2.32. The number of hydrogen-bond donors (Lipinski definition) is 1. The summed E-state index contributed by atoms with van der Waals surface area (Å²) < 4.78 is 40.2. The van der Waals surface area contributed by atoms with Gasteiger partial charge in [-0.25, -0.2) is 9.97 Å². The van der Waals surface area contributed by atoms with Crippen molar-refractivity contribution in [1.29, 1.82) is 0 Å². The van der Waals surface area contributed by atoms with Crippen molar-refractivity contribution >= 4 is 31.0 Å². The summed E-state index contributed by atoms with van der Waals surface area (Å²) >= 11 is 5.73. The third kappa shape index (κ3) is 4.82. The molecule has 2 aromatic heterocycles. The highest BCUT2D eigenvalue weighted by molar-refractivity contribution is 7.59. The zero-order chi connectivity index (χ0) is 19.6. The number of pyridine rings is 1. The van der Waals surface area contributed by atoms with Crippen LogP contribution < -0.4 is 5.32 Å². The number of halogens is 4. The van der Waals surface area contributed by atoms with E-state index < -0.39 is 23.7 Å². The molecule has 3 rings (SSSR count). The molecule has 0 bridgehead atoms. The first kappa shape index (κ1) is 21.7. The Morgan fingerprint density at radius 2 is 1.96 bits per heavy atom. The minimum Gasteiger partial charge on any atom is -0.342 e. The fourth-order valence-electron chi connectivity index (χ4n) is 2.43. The average Bonchev–Trinajstić information content (AvgIpc) is 3.11. The number of nitrogens with one attached hydrogen (secondary N) is 1. The molecule has 1 aromatic carbocycles. The van der Waals surface area contributed by atoms with Gasteiger partial charge in [0, 0.05) is 16.8 Å². The highest BCUT2D eigenvalue weighted by Crippen LogP contribution is 2.32. The van der Waals surface area contributed by atoms with E-state index in [0.29, 0.717) is 11.6 Å². The number of rotatable bonds is 4. The summed E-state index contributed by atoms with van der Waals surface area (Å²) in [6, 6.07) is 7.25. The minimum absolute atomic E-state index is 0. The van der Waals surface area contributed by atoms with Gasteiger partial charge in [0.2, 0.25) is 0 Å². The number of alkyl halides is 3. The van der Waals surface area contributed by atoms with Gasteiger partial charge >= 0.3 is 6.18 Å². The number of aromatic nitrogens is 4. The van der Waals surface area contributed by atoms with E-state index in [0.717, 1.165) is 12.1 Å². The Bertz CT molecular complexity index is 965. The van der Waals surface area contributed by atoms with Crippen molar-refractivity contribution in [2.75, 3.05) is 0 Å². The van der Waals surface area contributed by atoms with Gasteiger partial charge in [-0.15, -0.1) is 0 Å². The molecule has 0 spiro atoms. The highest BCUT2D eigenvalue weighted by atomic mass is 35.5. The third-order valence-corrected chi connectivity index (χ3v) is 3.88. The number of hydrogen-bond acceptors (Lipinski definition) is 4. The van der Waals surface area contributed by atoms with Crippen molar-refractivity contribution in [3.05, 3.63) is 70.9 Å². The van der Waals surface area contributed by atoms with Crippen LogP contribution in [0.15, 0.2) is 48.9 Å². The van der Waals surface area contributed by atoms with E-state index in [1.54, 1.807) is 31.3 Å². The summed E-state index contributed by atoms with van der Waals surface area (Å²) in [5, 5.41) is 6.49. The van der Waals surface area contributed by atoms with E-state index >= 15 is 0 Å². The maximum atomic E-state index is 12.9. The monoisotopic (exact) mass is 429 g/mol. The number of nitrogens with zero attached hydrogens (tertiary/aromatic N) is 4. The van der Waals surface area contributed by atoms with Crippen LogP contribution >= 0.6 is 25.1 Å². The summed E-state index contributed by atoms with van der Waals surface area (Å²) in [7, 11) is 0. The molecule has 0 saturated heterocycles. The Balaban J connectivity index is 0.00000280. The molecule has 1 atom stereocenters. The molecule has 0 aliphatic heterocycles. The summed E-state index contributed by atoms with van der Waals surface area (Å²) in [6.45, 7) is 1.64. The first-order valence-electron chi connectivity index (χ1n) is 7.75. The average molecular weight is 430 g/mol. The van der Waals surface area contributed by atoms with Gasteiger partial charge in [-0.3, -0.25) is 4.79 Å². The molecule has 28 heavy (non-hydrogen) atoms. The first-order chi connectivity index (χ1) is 12.8. The lowest BCUT2D eigenvalue weighted by molar-refractivity contribution is -0.137. The molecular weight excluding hydrogens is 415 g/mol. The van der Waals surface area contributed by atoms with Crippen molar-refractivity contribution in [2.24, 2.45) is 0 Å². The van der Waals surface area contributed by atoms with E-state index in [1.807, 2.05) is 0 Å². The summed E-state index contributed by atoms with van der Waals surface area (Å²) in [6.07, 6.45) is -1.73. The fourth-order valence-corrected chi connectivity index (χ4v) is 2.67. The van der Waals surface area contributed by atoms with Crippen LogP contribution in [0.4, 0.5) is 13.2 Å². The third-order valence-electron chi connectivity index (χ3n) is 3.66. The van der Waals surface area contributed by atoms with Gasteiger partial charge in [0.1, 0.15) is 6.33 Å². The second kappa shape index (κ2) is 8.61. The Hall–Kier alpha value is -2.59. The lowest BCUT2D eigenvalue weighted by Crippen LogP contribution is -2.29. The molecule has 0 aliphatic rings. The van der Waals surface area contributed by atoms with Crippen LogP contribution in [0.5, 0.6) is 0 Å². The van der Waals surface area contributed by atoms with Crippen LogP contribution in [-0.4, -0.2) is 25.7 Å². The smallest absolute Gasteiger partial charge is 0.342 e. The van der Waals surface area contributed by atoms with Crippen LogP contribution in [0.3, 0.4) is 0 Å². The number of carbonyl (C=O) groups is 1. The standard InChI is InChI=1S/C17H13ClF3N5O.H2S/c1-10(15-23-9-24-26(15)14-4-2-3-5-22-14)25-16(27)11-6-12(17(19,20)21)8-13(18)7-11;/h2-10H,1H3,(H,25,27);1H2/t10-;/m0./s1. The lowest BCUT2D eigenvalue weighted by atomic mass is 10.1. The van der Waals surface area contributed by atoms with Crippen molar-refractivity contribution in [1.82, 2.24) is 25.1 Å². The van der Waals surface area contributed by atoms with Gasteiger partial charge < -0.3 is 5.32 Å². The van der Waals surface area contributed by atoms with E-state index in [9.17, 15) is 18.0 Å². The first-order valence-corrected chi connectivity index (χ1v) is 8.13. The fraction of sp³-hybridized carbons (Fsp3) is 0.176. The van der Waals surface area contributed by atoms with Crippen molar-refractivity contribution in [3.8, 4) is 5.82 Å². The zero-order valence-electron chi connectivity index (χ0n) is 14.4. The lowest BCUT2D eigenvalue weighted by Gasteiger charge is -2.15. The van der Waals surface area contributed by atoms with Crippen LogP contribution in [0.25, 0.3) is 5.82 Å². The maximum Gasteiger partial charge on any atom is 0.416 e. The van der Waals surface area contributed by atoms with Gasteiger partial charge in [-0.05, 0) is 37.3 Å². The van der Waals surface area contributed by atoms with E-state index in [2.05, 4.69) is 20.4 Å². The molecule has 0 unspecified atom stereocenters. The zero-order valence-corrected chi connectivity index (χ0v) is 16.2. The summed E-state index contributed by atoms with van der Waals surface area (Å²) in [5.41, 5.74) is -1.20. The van der Waals surface area contributed by atoms with Crippen LogP contribution in [0.2, 0.25) is 5.02 Å². The number of benzene rings is 1. The molecule has 148 valence electrons. The normalized spacial score (nSPS) is 12.2. The Morgan fingerprint density at radius 1 is 1.21 bits per heavy atom. The summed E-state index contributed by atoms with van der Waals surface area (Å²) in [5.74, 6) is 0.152. The van der Waals surface area contributed by atoms with Crippen molar-refractivity contribution in [3.63, 3.8) is 0 Å². The minimum atomic E-state index is -4.61. The Labute approximate surface area is 170 Å². The Morgan fingerprint density at radius 3 is 2.61 bits per heavy atom. The van der Waals surface area contributed by atoms with Crippen molar-refractivity contribution in [2.45, 2.75) is 19.1 Å². The number of carbonyl (C=O) groups excluding carboxylic acids is 1. The maximum absolute atomic E-state index is 12.9. The molecular formula is C17H15ClF3N5OS. The number of amides is 1. The second-order valence-corrected chi connectivity index (χ2v) is 6.08. The molecule has 1 amide bonds. The van der Waals surface area contributed by atoms with Gasteiger partial charge in [-0.1, -0.05) is 17.7 Å². The van der Waals surface area contributed by atoms with E-state index in [4.69, 9.17) is 11.6 Å². The summed E-state index contributed by atoms with van der Waals surface area (Å²) in [4.78, 5) is 20.7. The largest absolute Gasteiger partial charge is 0.416 e. The van der Waals surface area contributed by atoms with Gasteiger partial charge in [0.15, 0.2) is 11.6 Å². The molecule has 0 aliphatic carbocycles. The van der Waals surface area contributed by atoms with Gasteiger partial charge in [-0.2, -0.15) is 36.4 Å². The molecule has 0 saturated carbocycles. The van der Waals surface area contributed by atoms with Crippen LogP contribution in [0.1, 0.15) is 34.7 Å². The van der Waals surface area contributed by atoms with Crippen molar-refractivity contribution < 1.29 is 18.0 Å². The second-order valence-electron chi connectivity index (χ2n) is 5.64. The SMILES string of the molecule is C[C@H](NC(=O)c1cc(Cl)cc(C(F)(F)F)c1)c1ncnn1-c1ccccn1.S. The molecule has 0 fully saturated rings. The molecule has 1 N–H and O–H groups in total. The molecule has 11 heteroatoms. The Kier molecular flexibility index (Phi) is 6.68.